The average molecular weight is 584 g/mol. The second kappa shape index (κ2) is 12.4. The van der Waals surface area contributed by atoms with Crippen LogP contribution in [0.3, 0.4) is 0 Å². The van der Waals surface area contributed by atoms with Gasteiger partial charge in [0.2, 0.25) is 12.7 Å². The summed E-state index contributed by atoms with van der Waals surface area (Å²) in [4.78, 5) is 18.6. The first-order valence-electron chi connectivity index (χ1n) is 13.2. The van der Waals surface area contributed by atoms with Gasteiger partial charge in [0.15, 0.2) is 11.5 Å². The topological polar surface area (TPSA) is 88.6 Å². The summed E-state index contributed by atoms with van der Waals surface area (Å²) in [7, 11) is -3.99. The fraction of sp³-hybridized carbons (Fsp3) is 0.345. The van der Waals surface area contributed by atoms with E-state index in [0.29, 0.717) is 44.2 Å². The molecule has 3 aromatic rings. The van der Waals surface area contributed by atoms with Gasteiger partial charge >= 0.3 is 0 Å². The van der Waals surface area contributed by atoms with Gasteiger partial charge in [0.1, 0.15) is 12.3 Å². The zero-order valence-corrected chi connectivity index (χ0v) is 24.2. The normalized spacial score (nSPS) is 15.2. The molecule has 0 radical (unpaired) electrons. The quantitative estimate of drug-likeness (QED) is 0.330. The molecular formula is C29H33N3O6S2. The summed E-state index contributed by atoms with van der Waals surface area (Å²) in [5.41, 5.74) is 1.52. The zero-order valence-electron chi connectivity index (χ0n) is 22.6. The molecule has 2 aliphatic heterocycles. The number of rotatable bonds is 10. The molecule has 212 valence electrons. The molecule has 1 saturated heterocycles. The van der Waals surface area contributed by atoms with Crippen LogP contribution in [0, 0.1) is 0 Å². The second-order valence-electron chi connectivity index (χ2n) is 9.46. The van der Waals surface area contributed by atoms with Crippen molar-refractivity contribution in [1.29, 1.82) is 0 Å². The number of carbonyl (C=O) groups is 1. The van der Waals surface area contributed by atoms with Crippen LogP contribution in [0.4, 0.5) is 5.69 Å². The summed E-state index contributed by atoms with van der Waals surface area (Å²) in [6.45, 7) is 5.48. The van der Waals surface area contributed by atoms with E-state index < -0.39 is 10.0 Å². The van der Waals surface area contributed by atoms with E-state index in [1.54, 1.807) is 53.4 Å². The van der Waals surface area contributed by atoms with E-state index in [9.17, 15) is 13.2 Å². The number of anilines is 1. The molecule has 5 rings (SSSR count). The summed E-state index contributed by atoms with van der Waals surface area (Å²) in [6, 6.07) is 19.4. The number of nitrogens with zero attached hydrogens (tertiary/aromatic N) is 3. The van der Waals surface area contributed by atoms with E-state index in [4.69, 9.17) is 14.2 Å². The fourth-order valence-electron chi connectivity index (χ4n) is 4.74. The van der Waals surface area contributed by atoms with Gasteiger partial charge in [-0.05, 0) is 79.4 Å². The van der Waals surface area contributed by atoms with Gasteiger partial charge in [-0.3, -0.25) is 14.0 Å². The predicted octanol–water partition coefficient (Wildman–Crippen LogP) is 4.08. The van der Waals surface area contributed by atoms with E-state index in [2.05, 4.69) is 4.90 Å². The molecule has 0 atom stereocenters. The highest BCUT2D eigenvalue weighted by atomic mass is 32.2. The maximum Gasteiger partial charge on any atom is 0.264 e. The lowest BCUT2D eigenvalue weighted by atomic mass is 10.1. The predicted molar refractivity (Wildman–Crippen MR) is 155 cm³/mol. The Morgan fingerprint density at radius 3 is 2.33 bits per heavy atom. The molecule has 0 saturated carbocycles. The van der Waals surface area contributed by atoms with E-state index in [-0.39, 0.29) is 24.1 Å². The summed E-state index contributed by atoms with van der Waals surface area (Å²) in [5.74, 6) is 1.91. The van der Waals surface area contributed by atoms with Crippen molar-refractivity contribution in [2.24, 2.45) is 0 Å². The summed E-state index contributed by atoms with van der Waals surface area (Å²) in [5, 5.41) is 0. The Kier molecular flexibility index (Phi) is 8.72. The number of benzene rings is 3. The van der Waals surface area contributed by atoms with Crippen LogP contribution >= 0.6 is 11.8 Å². The van der Waals surface area contributed by atoms with Crippen LogP contribution in [0.2, 0.25) is 0 Å². The maximum absolute atomic E-state index is 13.8. The van der Waals surface area contributed by atoms with Gasteiger partial charge in [-0.15, -0.1) is 11.8 Å². The summed E-state index contributed by atoms with van der Waals surface area (Å²) >= 11 is 1.54. The Morgan fingerprint density at radius 2 is 1.65 bits per heavy atom. The second-order valence-corrected chi connectivity index (χ2v) is 12.2. The van der Waals surface area contributed by atoms with Gasteiger partial charge < -0.3 is 19.1 Å². The number of thioether (sulfide) groups is 1. The summed E-state index contributed by atoms with van der Waals surface area (Å²) < 4.78 is 45.2. The minimum Gasteiger partial charge on any atom is -0.494 e. The minimum absolute atomic E-state index is 0.139. The minimum atomic E-state index is -3.99. The third-order valence-corrected chi connectivity index (χ3v) is 9.46. The Bertz CT molecular complexity index is 1420. The number of fused-ring (bicyclic) bond motifs is 1. The van der Waals surface area contributed by atoms with Gasteiger partial charge in [0.05, 0.1) is 17.2 Å². The fourth-order valence-corrected chi connectivity index (χ4v) is 6.56. The first-order valence-corrected chi connectivity index (χ1v) is 15.8. The van der Waals surface area contributed by atoms with Crippen LogP contribution in [-0.4, -0.2) is 76.5 Å². The van der Waals surface area contributed by atoms with Crippen LogP contribution in [0.1, 0.15) is 12.5 Å². The molecule has 0 aliphatic carbocycles. The molecule has 3 aromatic carbocycles. The van der Waals surface area contributed by atoms with E-state index in [0.717, 1.165) is 28.5 Å². The van der Waals surface area contributed by atoms with Crippen molar-refractivity contribution in [3.63, 3.8) is 0 Å². The molecule has 2 aliphatic rings. The first kappa shape index (κ1) is 28.1. The van der Waals surface area contributed by atoms with Crippen molar-refractivity contribution in [2.45, 2.75) is 23.3 Å². The third kappa shape index (κ3) is 6.32. The smallest absolute Gasteiger partial charge is 0.264 e. The van der Waals surface area contributed by atoms with Crippen molar-refractivity contribution in [1.82, 2.24) is 9.80 Å². The lowest BCUT2D eigenvalue weighted by Crippen LogP contribution is -2.51. The number of hydrogen-bond acceptors (Lipinski definition) is 8. The Morgan fingerprint density at radius 1 is 0.950 bits per heavy atom. The molecule has 0 aromatic heterocycles. The van der Waals surface area contributed by atoms with Crippen LogP contribution in [0.5, 0.6) is 17.2 Å². The lowest BCUT2D eigenvalue weighted by molar-refractivity contribution is -0.131. The summed E-state index contributed by atoms with van der Waals surface area (Å²) in [6.07, 6.45) is 1.93. The number of amides is 1. The van der Waals surface area contributed by atoms with E-state index in [1.165, 1.54) is 16.1 Å². The molecule has 0 spiro atoms. The van der Waals surface area contributed by atoms with Crippen molar-refractivity contribution in [3.8, 4) is 17.2 Å². The molecular weight excluding hydrogens is 550 g/mol. The molecule has 40 heavy (non-hydrogen) atoms. The molecule has 0 N–H and O–H groups in total. The molecule has 0 bridgehead atoms. The van der Waals surface area contributed by atoms with Crippen molar-refractivity contribution >= 4 is 33.4 Å². The SMILES string of the molecule is CCOc1ccc(N(CC(=O)N2CCN(Cc3ccc4c(c3)OCO4)CC2)S(=O)(=O)c2ccc(SC)cc2)cc1. The Hall–Kier alpha value is -3.41. The van der Waals surface area contributed by atoms with Crippen LogP contribution < -0.4 is 18.5 Å². The molecule has 1 amide bonds. The van der Waals surface area contributed by atoms with Gasteiger partial charge in [0.25, 0.3) is 10.0 Å². The molecule has 1 fully saturated rings. The first-order chi connectivity index (χ1) is 19.4. The van der Waals surface area contributed by atoms with E-state index >= 15 is 0 Å². The van der Waals surface area contributed by atoms with Gasteiger partial charge in [0, 0.05) is 37.6 Å². The van der Waals surface area contributed by atoms with Crippen LogP contribution in [0.15, 0.2) is 76.5 Å². The highest BCUT2D eigenvalue weighted by molar-refractivity contribution is 7.98. The number of carbonyl (C=O) groups excluding carboxylic acids is 1. The standard InChI is InChI=1S/C29H33N3O6S2/c1-3-36-24-7-5-23(6-8-24)32(40(34,35)26-11-9-25(39-2)10-12-26)20-29(33)31-16-14-30(15-17-31)19-22-4-13-27-28(18-22)38-21-37-27/h4-13,18H,3,14-17,19-21H2,1-2H3. The van der Waals surface area contributed by atoms with Crippen molar-refractivity contribution < 1.29 is 27.4 Å². The molecule has 9 nitrogen and oxygen atoms in total. The number of hydrogen-bond donors (Lipinski definition) is 0. The van der Waals surface area contributed by atoms with Crippen molar-refractivity contribution in [3.05, 3.63) is 72.3 Å². The van der Waals surface area contributed by atoms with Crippen molar-refractivity contribution in [2.75, 3.05) is 56.7 Å². The lowest BCUT2D eigenvalue weighted by Gasteiger charge is -2.36. The molecule has 0 unspecified atom stereocenters. The highest BCUT2D eigenvalue weighted by Gasteiger charge is 2.30. The van der Waals surface area contributed by atoms with Gasteiger partial charge in [-0.2, -0.15) is 0 Å². The average Bonchev–Trinajstić information content (AvgIpc) is 3.45. The Balaban J connectivity index is 1.28. The van der Waals surface area contributed by atoms with Crippen LogP contribution in [0.25, 0.3) is 0 Å². The van der Waals surface area contributed by atoms with Crippen LogP contribution in [-0.2, 0) is 21.4 Å². The van der Waals surface area contributed by atoms with Gasteiger partial charge in [-0.25, -0.2) is 8.42 Å². The third-order valence-electron chi connectivity index (χ3n) is 6.93. The van der Waals surface area contributed by atoms with Gasteiger partial charge in [-0.1, -0.05) is 6.07 Å². The molecule has 11 heteroatoms. The Labute approximate surface area is 239 Å². The number of piperazine rings is 1. The monoisotopic (exact) mass is 583 g/mol. The molecule has 2 heterocycles. The maximum atomic E-state index is 13.8. The highest BCUT2D eigenvalue weighted by Crippen LogP contribution is 2.33. The number of sulfonamides is 1. The largest absolute Gasteiger partial charge is 0.494 e. The zero-order chi connectivity index (χ0) is 28.1. The van der Waals surface area contributed by atoms with E-state index in [1.807, 2.05) is 31.4 Å². The number of ether oxygens (including phenoxy) is 3.